The molecule has 0 fully saturated rings. The highest BCUT2D eigenvalue weighted by atomic mass is 79.9. The Labute approximate surface area is 157 Å². The van der Waals surface area contributed by atoms with Crippen molar-refractivity contribution in [1.29, 1.82) is 0 Å². The zero-order valence-electron chi connectivity index (χ0n) is 13.4. The molecule has 0 spiro atoms. The number of aliphatic hydroxyl groups excluding tert-OH is 1. The summed E-state index contributed by atoms with van der Waals surface area (Å²) in [4.78, 5) is 27.5. The summed E-state index contributed by atoms with van der Waals surface area (Å²) in [6.07, 6.45) is 0. The molecule has 1 N–H and O–H groups in total. The van der Waals surface area contributed by atoms with Crippen molar-refractivity contribution in [3.63, 3.8) is 0 Å². The Morgan fingerprint density at radius 1 is 1.36 bits per heavy atom. The Kier molecular flexibility index (Phi) is 5.36. The van der Waals surface area contributed by atoms with Crippen LogP contribution in [0.15, 0.2) is 57.6 Å². The van der Waals surface area contributed by atoms with Crippen molar-refractivity contribution in [2.24, 2.45) is 0 Å². The van der Waals surface area contributed by atoms with E-state index in [0.717, 1.165) is 10.0 Å². The number of carbonyl (C=O) groups excluding carboxylic acids is 2. The second-order valence-corrected chi connectivity index (χ2v) is 7.38. The Hall–Kier alpha value is -1.96. The number of amides is 1. The number of rotatable bonds is 6. The summed E-state index contributed by atoms with van der Waals surface area (Å²) in [5, 5.41) is 12.2. The third-order valence-corrected chi connectivity index (χ3v) is 5.36. The first-order valence-electron chi connectivity index (χ1n) is 7.61. The molecule has 0 saturated carbocycles. The average Bonchev–Trinajstić information content (AvgIpc) is 3.21. The van der Waals surface area contributed by atoms with Crippen LogP contribution in [0, 0.1) is 0 Å². The van der Waals surface area contributed by atoms with Crippen LogP contribution >= 0.6 is 27.3 Å². The molecule has 5 nitrogen and oxygen atoms in total. The van der Waals surface area contributed by atoms with Crippen molar-refractivity contribution in [3.05, 3.63) is 68.0 Å². The summed E-state index contributed by atoms with van der Waals surface area (Å²) < 4.78 is 5.91. The highest BCUT2D eigenvalue weighted by Crippen LogP contribution is 2.39. The molecule has 1 aromatic heterocycles. The molecular formula is C18H16BrNO4S. The third kappa shape index (κ3) is 3.40. The van der Waals surface area contributed by atoms with Gasteiger partial charge in [0.2, 0.25) is 5.78 Å². The molecule has 0 aliphatic carbocycles. The van der Waals surface area contributed by atoms with E-state index in [-0.39, 0.29) is 17.9 Å². The van der Waals surface area contributed by atoms with Gasteiger partial charge in [0.05, 0.1) is 23.1 Å². The summed E-state index contributed by atoms with van der Waals surface area (Å²) in [6, 6.07) is 10.2. The highest BCUT2D eigenvalue weighted by Gasteiger charge is 2.43. The quantitative estimate of drug-likeness (QED) is 0.721. The average molecular weight is 422 g/mol. The third-order valence-electron chi connectivity index (χ3n) is 3.99. The molecule has 0 radical (unpaired) electrons. The van der Waals surface area contributed by atoms with Crippen molar-refractivity contribution in [2.75, 3.05) is 20.3 Å². The molecule has 1 amide bonds. The number of nitrogens with zero attached hydrogens (tertiary/aromatic N) is 1. The van der Waals surface area contributed by atoms with Gasteiger partial charge in [0.1, 0.15) is 0 Å². The van der Waals surface area contributed by atoms with Gasteiger partial charge in [0, 0.05) is 18.1 Å². The van der Waals surface area contributed by atoms with E-state index in [1.807, 2.05) is 24.3 Å². The number of Topliss-reactive ketones (excluding diaryl/α,β-unsaturated/α-hetero) is 1. The smallest absolute Gasteiger partial charge is 0.290 e. The fraction of sp³-hybridized carbons (Fsp3) is 0.222. The Bertz CT molecular complexity index is 831. The molecule has 25 heavy (non-hydrogen) atoms. The maximum absolute atomic E-state index is 12.9. The van der Waals surface area contributed by atoms with Gasteiger partial charge in [-0.15, -0.1) is 11.3 Å². The van der Waals surface area contributed by atoms with E-state index in [0.29, 0.717) is 11.5 Å². The minimum Gasteiger partial charge on any atom is -0.503 e. The fourth-order valence-electron chi connectivity index (χ4n) is 2.87. The second-order valence-electron chi connectivity index (χ2n) is 5.52. The van der Waals surface area contributed by atoms with Crippen LogP contribution in [0.4, 0.5) is 0 Å². The number of ketones is 1. The van der Waals surface area contributed by atoms with Crippen molar-refractivity contribution < 1.29 is 19.4 Å². The lowest BCUT2D eigenvalue weighted by atomic mass is 9.95. The molecule has 0 saturated heterocycles. The van der Waals surface area contributed by atoms with Crippen LogP contribution in [-0.4, -0.2) is 42.0 Å². The fourth-order valence-corrected chi connectivity index (χ4v) is 3.96. The Morgan fingerprint density at radius 2 is 2.16 bits per heavy atom. The first-order valence-corrected chi connectivity index (χ1v) is 9.28. The Morgan fingerprint density at radius 3 is 2.80 bits per heavy atom. The summed E-state index contributed by atoms with van der Waals surface area (Å²) >= 11 is 4.70. The standard InChI is InChI=1S/C18H16BrNO4S/c1-24-8-7-20-15(11-4-2-5-12(19)10-11)14(17(22)18(20)23)16(21)13-6-3-9-25-13/h2-6,9-10,15,22H,7-8H2,1H3/t15-/m0/s1. The second kappa shape index (κ2) is 7.51. The molecule has 3 rings (SSSR count). The number of ether oxygens (including phenoxy) is 1. The number of halogens is 1. The predicted octanol–water partition coefficient (Wildman–Crippen LogP) is 3.74. The number of benzene rings is 1. The number of carbonyl (C=O) groups is 2. The molecule has 7 heteroatoms. The van der Waals surface area contributed by atoms with Crippen molar-refractivity contribution in [3.8, 4) is 0 Å². The number of hydrogen-bond donors (Lipinski definition) is 1. The van der Waals surface area contributed by atoms with Gasteiger partial charge in [0.15, 0.2) is 5.76 Å². The first-order chi connectivity index (χ1) is 12.0. The van der Waals surface area contributed by atoms with Crippen molar-refractivity contribution in [2.45, 2.75) is 6.04 Å². The van der Waals surface area contributed by atoms with Crippen LogP contribution in [0.5, 0.6) is 0 Å². The summed E-state index contributed by atoms with van der Waals surface area (Å²) in [5.41, 5.74) is 0.865. The van der Waals surface area contributed by atoms with E-state index in [1.165, 1.54) is 16.2 Å². The lowest BCUT2D eigenvalue weighted by Crippen LogP contribution is -2.33. The zero-order chi connectivity index (χ0) is 18.0. The van der Waals surface area contributed by atoms with Gasteiger partial charge in [-0.3, -0.25) is 9.59 Å². The Balaban J connectivity index is 2.08. The molecule has 1 atom stereocenters. The van der Waals surface area contributed by atoms with Crippen LogP contribution in [0.3, 0.4) is 0 Å². The van der Waals surface area contributed by atoms with Gasteiger partial charge in [-0.2, -0.15) is 0 Å². The van der Waals surface area contributed by atoms with E-state index >= 15 is 0 Å². The molecule has 0 bridgehead atoms. The van der Waals surface area contributed by atoms with Gasteiger partial charge >= 0.3 is 0 Å². The minimum absolute atomic E-state index is 0.113. The van der Waals surface area contributed by atoms with Gasteiger partial charge in [-0.1, -0.05) is 34.1 Å². The summed E-state index contributed by atoms with van der Waals surface area (Å²) in [5.74, 6) is -1.37. The maximum atomic E-state index is 12.9. The van der Waals surface area contributed by atoms with Crippen LogP contribution < -0.4 is 0 Å². The molecule has 2 heterocycles. The first kappa shape index (κ1) is 17.8. The number of methoxy groups -OCH3 is 1. The van der Waals surface area contributed by atoms with Crippen LogP contribution in [0.1, 0.15) is 21.3 Å². The van der Waals surface area contributed by atoms with Gasteiger partial charge in [-0.05, 0) is 29.1 Å². The lowest BCUT2D eigenvalue weighted by molar-refractivity contribution is -0.130. The molecular weight excluding hydrogens is 406 g/mol. The molecule has 1 aliphatic heterocycles. The van der Waals surface area contributed by atoms with E-state index in [1.54, 1.807) is 24.6 Å². The normalized spacial score (nSPS) is 17.4. The monoisotopic (exact) mass is 421 g/mol. The summed E-state index contributed by atoms with van der Waals surface area (Å²) in [6.45, 7) is 0.585. The van der Waals surface area contributed by atoms with E-state index < -0.39 is 17.7 Å². The summed E-state index contributed by atoms with van der Waals surface area (Å²) in [7, 11) is 1.54. The topological polar surface area (TPSA) is 66.8 Å². The zero-order valence-corrected chi connectivity index (χ0v) is 15.8. The predicted molar refractivity (Wildman–Crippen MR) is 98.8 cm³/mol. The molecule has 1 aromatic carbocycles. The van der Waals surface area contributed by atoms with Crippen LogP contribution in [0.25, 0.3) is 0 Å². The van der Waals surface area contributed by atoms with Crippen LogP contribution in [0.2, 0.25) is 0 Å². The largest absolute Gasteiger partial charge is 0.503 e. The van der Waals surface area contributed by atoms with Crippen molar-refractivity contribution >= 4 is 39.0 Å². The molecule has 0 unspecified atom stereocenters. The maximum Gasteiger partial charge on any atom is 0.290 e. The van der Waals surface area contributed by atoms with Gasteiger partial charge < -0.3 is 14.7 Å². The van der Waals surface area contributed by atoms with E-state index in [4.69, 9.17) is 4.74 Å². The number of hydrogen-bond acceptors (Lipinski definition) is 5. The van der Waals surface area contributed by atoms with E-state index in [2.05, 4.69) is 15.9 Å². The number of aliphatic hydroxyl groups is 1. The van der Waals surface area contributed by atoms with Crippen LogP contribution in [-0.2, 0) is 9.53 Å². The minimum atomic E-state index is -0.644. The molecule has 130 valence electrons. The molecule has 2 aromatic rings. The van der Waals surface area contributed by atoms with Crippen molar-refractivity contribution in [1.82, 2.24) is 4.90 Å². The van der Waals surface area contributed by atoms with Gasteiger partial charge in [-0.25, -0.2) is 0 Å². The molecule has 1 aliphatic rings. The number of thiophene rings is 1. The van der Waals surface area contributed by atoms with E-state index in [9.17, 15) is 14.7 Å². The lowest BCUT2D eigenvalue weighted by Gasteiger charge is -2.26. The van der Waals surface area contributed by atoms with Gasteiger partial charge in [0.25, 0.3) is 5.91 Å². The highest BCUT2D eigenvalue weighted by molar-refractivity contribution is 9.10. The SMILES string of the molecule is COCCN1C(=O)C(O)=C(C(=O)c2cccs2)[C@@H]1c1cccc(Br)c1.